The number of aromatic amines is 1. The van der Waals surface area contributed by atoms with Crippen LogP contribution in [0.3, 0.4) is 0 Å². The van der Waals surface area contributed by atoms with Gasteiger partial charge in [0.2, 0.25) is 0 Å². The predicted molar refractivity (Wildman–Crippen MR) is 89.5 cm³/mol. The molecule has 4 nitrogen and oxygen atoms in total. The molecule has 2 N–H and O–H groups in total. The Labute approximate surface area is 133 Å². The van der Waals surface area contributed by atoms with Gasteiger partial charge in [-0.05, 0) is 42.8 Å². The summed E-state index contributed by atoms with van der Waals surface area (Å²) < 4.78 is 0. The summed E-state index contributed by atoms with van der Waals surface area (Å²) in [6, 6.07) is 15.4. The third kappa shape index (κ3) is 2.80. The number of halogens is 1. The first-order valence-electron chi connectivity index (χ1n) is 6.75. The van der Waals surface area contributed by atoms with Crippen LogP contribution in [0.5, 0.6) is 0 Å². The van der Waals surface area contributed by atoms with Gasteiger partial charge in [0.1, 0.15) is 11.6 Å². The predicted octanol–water partition coefficient (Wildman–Crippen LogP) is 4.50. The number of H-pyrrole nitrogens is 1. The normalized spacial score (nSPS) is 11.4. The molecule has 1 heterocycles. The van der Waals surface area contributed by atoms with Crippen LogP contribution < -0.4 is 5.32 Å². The number of nitrogens with zero attached hydrogens (tertiary/aromatic N) is 2. The molecule has 0 fully saturated rings. The number of rotatable bonds is 3. The molecule has 0 radical (unpaired) electrons. The van der Waals surface area contributed by atoms with Gasteiger partial charge in [-0.15, -0.1) is 0 Å². The number of nitriles is 1. The van der Waals surface area contributed by atoms with Gasteiger partial charge in [0.15, 0.2) is 5.82 Å². The zero-order valence-electron chi connectivity index (χ0n) is 11.9. The van der Waals surface area contributed by atoms with E-state index in [9.17, 15) is 5.26 Å². The lowest BCUT2D eigenvalue weighted by molar-refractivity contribution is 1.27. The minimum Gasteiger partial charge on any atom is -0.360 e. The SMILES string of the molecule is Cc1cc(Cl)ccc1N/C=C(\C#N)c1nc2ccccc2[nH]1. The highest BCUT2D eigenvalue weighted by Crippen LogP contribution is 2.21. The van der Waals surface area contributed by atoms with Crippen LogP contribution in [0.4, 0.5) is 5.69 Å². The van der Waals surface area contributed by atoms with Crippen molar-refractivity contribution >= 4 is 33.9 Å². The van der Waals surface area contributed by atoms with Crippen molar-refractivity contribution in [2.75, 3.05) is 5.32 Å². The molecule has 2 aromatic carbocycles. The van der Waals surface area contributed by atoms with Gasteiger partial charge in [-0.25, -0.2) is 4.98 Å². The molecular formula is C17H13ClN4. The summed E-state index contributed by atoms with van der Waals surface area (Å²) in [6.07, 6.45) is 1.65. The number of benzene rings is 2. The Morgan fingerprint density at radius 2 is 2.14 bits per heavy atom. The molecule has 108 valence electrons. The molecule has 0 aliphatic carbocycles. The van der Waals surface area contributed by atoms with Gasteiger partial charge in [0, 0.05) is 16.9 Å². The van der Waals surface area contributed by atoms with E-state index in [-0.39, 0.29) is 0 Å². The molecule has 0 aliphatic heterocycles. The molecule has 3 rings (SSSR count). The Bertz CT molecular complexity index is 869. The van der Waals surface area contributed by atoms with Gasteiger partial charge in [0.05, 0.1) is 11.0 Å². The zero-order chi connectivity index (χ0) is 15.5. The fourth-order valence-corrected chi connectivity index (χ4v) is 2.40. The minimum atomic E-state index is 0.436. The molecule has 0 unspecified atom stereocenters. The van der Waals surface area contributed by atoms with Gasteiger partial charge < -0.3 is 10.3 Å². The van der Waals surface area contributed by atoms with Crippen LogP contribution in [0.15, 0.2) is 48.7 Å². The zero-order valence-corrected chi connectivity index (χ0v) is 12.6. The molecule has 0 spiro atoms. The molecular weight excluding hydrogens is 296 g/mol. The summed E-state index contributed by atoms with van der Waals surface area (Å²) in [5.41, 5.74) is 4.08. The quantitative estimate of drug-likeness (QED) is 0.700. The number of aryl methyl sites for hydroxylation is 1. The van der Waals surface area contributed by atoms with Crippen molar-refractivity contribution in [1.82, 2.24) is 9.97 Å². The highest BCUT2D eigenvalue weighted by Gasteiger charge is 2.07. The second-order valence-corrected chi connectivity index (χ2v) is 5.31. The summed E-state index contributed by atoms with van der Waals surface area (Å²) in [5.74, 6) is 0.544. The number of hydrogen-bond acceptors (Lipinski definition) is 3. The number of allylic oxidation sites excluding steroid dienone is 1. The van der Waals surface area contributed by atoms with Crippen molar-refractivity contribution < 1.29 is 0 Å². The fourth-order valence-electron chi connectivity index (χ4n) is 2.17. The van der Waals surface area contributed by atoms with E-state index in [2.05, 4.69) is 21.4 Å². The van der Waals surface area contributed by atoms with Crippen LogP contribution in [-0.4, -0.2) is 9.97 Å². The van der Waals surface area contributed by atoms with E-state index in [0.29, 0.717) is 16.4 Å². The summed E-state index contributed by atoms with van der Waals surface area (Å²) in [6.45, 7) is 1.95. The lowest BCUT2D eigenvalue weighted by Crippen LogP contribution is -1.94. The largest absolute Gasteiger partial charge is 0.360 e. The average molecular weight is 309 g/mol. The number of anilines is 1. The van der Waals surface area contributed by atoms with Crippen molar-refractivity contribution in [2.24, 2.45) is 0 Å². The smallest absolute Gasteiger partial charge is 0.150 e. The highest BCUT2D eigenvalue weighted by atomic mass is 35.5. The van der Waals surface area contributed by atoms with E-state index in [0.717, 1.165) is 22.3 Å². The Hall–Kier alpha value is -2.77. The second kappa shape index (κ2) is 5.92. The molecule has 0 bridgehead atoms. The Kier molecular flexibility index (Phi) is 3.82. The molecule has 0 atom stereocenters. The fraction of sp³-hybridized carbons (Fsp3) is 0.0588. The van der Waals surface area contributed by atoms with Crippen LogP contribution in [0.1, 0.15) is 11.4 Å². The summed E-state index contributed by atoms with van der Waals surface area (Å²) in [7, 11) is 0. The summed E-state index contributed by atoms with van der Waals surface area (Å²) in [4.78, 5) is 7.57. The number of fused-ring (bicyclic) bond motifs is 1. The maximum absolute atomic E-state index is 9.36. The van der Waals surface area contributed by atoms with Crippen LogP contribution in [0, 0.1) is 18.3 Å². The number of imidazole rings is 1. The maximum Gasteiger partial charge on any atom is 0.150 e. The van der Waals surface area contributed by atoms with Crippen LogP contribution in [0.2, 0.25) is 5.02 Å². The summed E-state index contributed by atoms with van der Waals surface area (Å²) in [5, 5.41) is 13.2. The number of hydrogen-bond donors (Lipinski definition) is 2. The van der Waals surface area contributed by atoms with Crippen molar-refractivity contribution in [3.8, 4) is 6.07 Å². The molecule has 1 aromatic heterocycles. The number of para-hydroxylation sites is 2. The molecule has 3 aromatic rings. The van der Waals surface area contributed by atoms with Gasteiger partial charge in [-0.1, -0.05) is 23.7 Å². The van der Waals surface area contributed by atoms with Gasteiger partial charge in [0.25, 0.3) is 0 Å². The molecule has 0 saturated carbocycles. The lowest BCUT2D eigenvalue weighted by atomic mass is 10.2. The Morgan fingerprint density at radius 1 is 1.32 bits per heavy atom. The number of nitrogens with one attached hydrogen (secondary N) is 2. The van der Waals surface area contributed by atoms with E-state index in [4.69, 9.17) is 11.6 Å². The Balaban J connectivity index is 1.91. The van der Waals surface area contributed by atoms with Crippen molar-refractivity contribution in [1.29, 1.82) is 5.26 Å². The first-order chi connectivity index (χ1) is 10.7. The molecule has 0 saturated heterocycles. The van der Waals surface area contributed by atoms with Gasteiger partial charge in [-0.3, -0.25) is 0 Å². The molecule has 0 amide bonds. The third-order valence-electron chi connectivity index (χ3n) is 3.33. The van der Waals surface area contributed by atoms with E-state index in [1.54, 1.807) is 12.3 Å². The van der Waals surface area contributed by atoms with Crippen molar-refractivity contribution in [3.63, 3.8) is 0 Å². The maximum atomic E-state index is 9.36. The second-order valence-electron chi connectivity index (χ2n) is 4.88. The van der Waals surface area contributed by atoms with E-state index < -0.39 is 0 Å². The molecule has 5 heteroatoms. The van der Waals surface area contributed by atoms with Gasteiger partial charge in [-0.2, -0.15) is 5.26 Å². The monoisotopic (exact) mass is 308 g/mol. The van der Waals surface area contributed by atoms with Gasteiger partial charge >= 0.3 is 0 Å². The first kappa shape index (κ1) is 14.2. The lowest BCUT2D eigenvalue weighted by Gasteiger charge is -2.06. The van der Waals surface area contributed by atoms with E-state index in [1.165, 1.54) is 0 Å². The average Bonchev–Trinajstić information content (AvgIpc) is 2.93. The first-order valence-corrected chi connectivity index (χ1v) is 7.13. The van der Waals surface area contributed by atoms with Crippen LogP contribution in [-0.2, 0) is 0 Å². The highest BCUT2D eigenvalue weighted by molar-refractivity contribution is 6.30. The van der Waals surface area contributed by atoms with E-state index in [1.807, 2.05) is 43.3 Å². The third-order valence-corrected chi connectivity index (χ3v) is 3.56. The Morgan fingerprint density at radius 3 is 2.86 bits per heavy atom. The molecule has 22 heavy (non-hydrogen) atoms. The summed E-state index contributed by atoms with van der Waals surface area (Å²) >= 11 is 5.94. The standard InChI is InChI=1S/C17H13ClN4/c1-11-8-13(18)6-7-14(11)20-10-12(9-19)17-21-15-4-2-3-5-16(15)22-17/h2-8,10,20H,1H3,(H,21,22)/b12-10+. The van der Waals surface area contributed by atoms with Crippen molar-refractivity contribution in [3.05, 3.63) is 65.1 Å². The number of aromatic nitrogens is 2. The molecule has 0 aliphatic rings. The topological polar surface area (TPSA) is 64.5 Å². The minimum absolute atomic E-state index is 0.436. The van der Waals surface area contributed by atoms with Crippen LogP contribution >= 0.6 is 11.6 Å². The van der Waals surface area contributed by atoms with Crippen LogP contribution in [0.25, 0.3) is 16.6 Å². The van der Waals surface area contributed by atoms with E-state index >= 15 is 0 Å². The van der Waals surface area contributed by atoms with Crippen molar-refractivity contribution in [2.45, 2.75) is 6.92 Å².